The number of nitrogens with one attached hydrogen (secondary N) is 2. The fraction of sp³-hybridized carbons (Fsp3) is 0.167. The summed E-state index contributed by atoms with van der Waals surface area (Å²) in [7, 11) is 1.58. The number of benzene rings is 2. The van der Waals surface area contributed by atoms with Crippen molar-refractivity contribution in [2.24, 2.45) is 0 Å². The van der Waals surface area contributed by atoms with E-state index < -0.39 is 0 Å². The predicted molar refractivity (Wildman–Crippen MR) is 132 cm³/mol. The van der Waals surface area contributed by atoms with Gasteiger partial charge in [-0.25, -0.2) is 19.9 Å². The van der Waals surface area contributed by atoms with Crippen LogP contribution in [0.2, 0.25) is 0 Å². The molecule has 0 radical (unpaired) electrons. The number of amides is 1. The van der Waals surface area contributed by atoms with Crippen molar-refractivity contribution in [3.05, 3.63) is 78.0 Å². The molecule has 0 unspecified atom stereocenters. The van der Waals surface area contributed by atoms with E-state index in [1.165, 1.54) is 12.7 Å². The van der Waals surface area contributed by atoms with Crippen LogP contribution in [-0.4, -0.2) is 39.4 Å². The van der Waals surface area contributed by atoms with Gasteiger partial charge in [-0.15, -0.1) is 0 Å². The summed E-state index contributed by atoms with van der Waals surface area (Å²) < 4.78 is 0. The number of hydrogen-bond acceptors (Lipinski definition) is 7. The molecule has 4 aromatic rings. The van der Waals surface area contributed by atoms with Crippen molar-refractivity contribution < 1.29 is 4.79 Å². The highest BCUT2D eigenvalue weighted by Gasteiger charge is 2.16. The van der Waals surface area contributed by atoms with Gasteiger partial charge in [-0.3, -0.25) is 4.79 Å². The van der Waals surface area contributed by atoms with Crippen molar-refractivity contribution in [3.8, 4) is 17.3 Å². The van der Waals surface area contributed by atoms with Gasteiger partial charge in [0.05, 0.1) is 22.8 Å². The lowest BCUT2D eigenvalue weighted by atomic mass is 9.97. The van der Waals surface area contributed by atoms with Gasteiger partial charge >= 0.3 is 0 Å². The molecule has 0 saturated heterocycles. The minimum atomic E-state index is -0.239. The number of para-hydroxylation sites is 1. The molecule has 33 heavy (non-hydrogen) atoms. The molecule has 2 aromatic carbocycles. The summed E-state index contributed by atoms with van der Waals surface area (Å²) in [5.74, 6) is 0.559. The molecular formula is C24H23N7OS. The number of fused-ring (bicyclic) bond motifs is 1. The van der Waals surface area contributed by atoms with E-state index in [1.807, 2.05) is 36.4 Å². The second-order valence-electron chi connectivity index (χ2n) is 7.30. The molecule has 4 rings (SSSR count). The van der Waals surface area contributed by atoms with Gasteiger partial charge in [0, 0.05) is 36.5 Å². The van der Waals surface area contributed by atoms with Crippen molar-refractivity contribution in [2.45, 2.75) is 12.8 Å². The molecule has 1 atom stereocenters. The van der Waals surface area contributed by atoms with E-state index in [1.54, 1.807) is 19.2 Å². The van der Waals surface area contributed by atoms with Crippen molar-refractivity contribution in [1.29, 1.82) is 5.26 Å². The van der Waals surface area contributed by atoms with E-state index in [2.05, 4.69) is 43.6 Å². The van der Waals surface area contributed by atoms with Crippen LogP contribution in [0, 0.1) is 11.3 Å². The first-order chi connectivity index (χ1) is 15.6. The first-order valence-corrected chi connectivity index (χ1v) is 10.1. The van der Waals surface area contributed by atoms with E-state index in [-0.39, 0.29) is 25.3 Å². The van der Waals surface area contributed by atoms with Gasteiger partial charge in [-0.05, 0) is 17.7 Å². The lowest BCUT2D eigenvalue weighted by Gasteiger charge is -2.16. The Morgan fingerprint density at radius 3 is 2.55 bits per heavy atom. The number of carbonyl (C=O) groups excluding carboxylic acids is 1. The average molecular weight is 458 g/mol. The zero-order chi connectivity index (χ0) is 22.5. The van der Waals surface area contributed by atoms with Crippen molar-refractivity contribution in [1.82, 2.24) is 25.3 Å². The lowest BCUT2D eigenvalue weighted by molar-refractivity contribution is 0.0960. The highest BCUT2D eigenvalue weighted by atomic mass is 32.1. The van der Waals surface area contributed by atoms with Crippen molar-refractivity contribution in [2.75, 3.05) is 18.9 Å². The smallest absolute Gasteiger partial charge is 0.270 e. The van der Waals surface area contributed by atoms with Gasteiger partial charge in [0.2, 0.25) is 0 Å². The Hall–Kier alpha value is -4.03. The molecule has 8 nitrogen and oxygen atoms in total. The van der Waals surface area contributed by atoms with E-state index in [9.17, 15) is 4.79 Å². The SMILES string of the molecule is CNC(=O)c1ncnc2c([C@H](C)CNc3cc(-c4ccc(C#N)cc4)ncn3)cccc12.S. The van der Waals surface area contributed by atoms with Crippen LogP contribution in [0.15, 0.2) is 61.2 Å². The van der Waals surface area contributed by atoms with Crippen LogP contribution >= 0.6 is 13.5 Å². The quantitative estimate of drug-likeness (QED) is 0.454. The molecule has 0 aliphatic rings. The third-order valence-electron chi connectivity index (χ3n) is 5.24. The number of rotatable bonds is 6. The predicted octanol–water partition coefficient (Wildman–Crippen LogP) is 3.65. The molecule has 2 N–H and O–H groups in total. The highest BCUT2D eigenvalue weighted by molar-refractivity contribution is 7.59. The molecular weight excluding hydrogens is 434 g/mol. The number of aromatic nitrogens is 4. The number of hydrogen-bond donors (Lipinski definition) is 2. The van der Waals surface area contributed by atoms with Gasteiger partial charge in [-0.2, -0.15) is 18.8 Å². The number of anilines is 1. The second kappa shape index (κ2) is 10.5. The Labute approximate surface area is 198 Å². The van der Waals surface area contributed by atoms with Crippen molar-refractivity contribution >= 4 is 36.1 Å². The zero-order valence-electron chi connectivity index (χ0n) is 18.2. The second-order valence-corrected chi connectivity index (χ2v) is 7.30. The molecule has 9 heteroatoms. The summed E-state index contributed by atoms with van der Waals surface area (Å²) in [6.45, 7) is 2.70. The summed E-state index contributed by atoms with van der Waals surface area (Å²) >= 11 is 0. The molecule has 0 bridgehead atoms. The topological polar surface area (TPSA) is 116 Å². The average Bonchev–Trinajstić information content (AvgIpc) is 2.86. The maximum Gasteiger partial charge on any atom is 0.270 e. The summed E-state index contributed by atoms with van der Waals surface area (Å²) in [5, 5.41) is 15.7. The van der Waals surface area contributed by atoms with Crippen LogP contribution in [-0.2, 0) is 0 Å². The third kappa shape index (κ3) is 5.07. The Morgan fingerprint density at radius 2 is 1.82 bits per heavy atom. The molecule has 0 aliphatic carbocycles. The first-order valence-electron chi connectivity index (χ1n) is 10.1. The van der Waals surface area contributed by atoms with Crippen molar-refractivity contribution in [3.63, 3.8) is 0 Å². The lowest BCUT2D eigenvalue weighted by Crippen LogP contribution is -2.20. The maximum atomic E-state index is 12.2. The number of nitriles is 1. The van der Waals surface area contributed by atoms with Gasteiger partial charge < -0.3 is 10.6 Å². The Morgan fingerprint density at radius 1 is 1.06 bits per heavy atom. The minimum absolute atomic E-state index is 0. The standard InChI is InChI=1S/C24H21N7O.H2S/c1-15(18-4-3-5-19-22(18)30-14-31-23(19)24(32)26-2)12-27-21-10-20(28-13-29-21)17-8-6-16(11-25)7-9-17;/h3-10,13-15H,12H2,1-2H3,(H,26,32)(H,27,28,29);1H2/t15-;/m1./s1. The Balaban J connectivity index is 0.00000306. The molecule has 0 saturated carbocycles. The number of nitrogens with zero attached hydrogens (tertiary/aromatic N) is 5. The van der Waals surface area contributed by atoms with Gasteiger partial charge in [0.1, 0.15) is 24.2 Å². The zero-order valence-corrected chi connectivity index (χ0v) is 19.2. The Kier molecular flexibility index (Phi) is 7.53. The molecule has 0 fully saturated rings. The highest BCUT2D eigenvalue weighted by Crippen LogP contribution is 2.26. The van der Waals surface area contributed by atoms with E-state index in [0.717, 1.165) is 27.7 Å². The Bertz CT molecular complexity index is 1320. The normalized spacial score (nSPS) is 11.2. The summed E-state index contributed by atoms with van der Waals surface area (Å²) in [5.41, 5.74) is 4.43. The van der Waals surface area contributed by atoms with Crippen LogP contribution in [0.1, 0.15) is 34.5 Å². The minimum Gasteiger partial charge on any atom is -0.369 e. The fourth-order valence-corrected chi connectivity index (χ4v) is 3.50. The summed E-state index contributed by atoms with van der Waals surface area (Å²) in [4.78, 5) is 29.4. The molecule has 2 aromatic heterocycles. The van der Waals surface area contributed by atoms with E-state index in [0.29, 0.717) is 23.6 Å². The van der Waals surface area contributed by atoms with Crippen LogP contribution in [0.25, 0.3) is 22.2 Å². The summed E-state index contributed by atoms with van der Waals surface area (Å²) in [6, 6.07) is 17.0. The monoisotopic (exact) mass is 457 g/mol. The van der Waals surface area contributed by atoms with Crippen LogP contribution in [0.5, 0.6) is 0 Å². The molecule has 0 aliphatic heterocycles. The number of carbonyl (C=O) groups is 1. The van der Waals surface area contributed by atoms with E-state index >= 15 is 0 Å². The molecule has 1 amide bonds. The summed E-state index contributed by atoms with van der Waals surface area (Å²) in [6.07, 6.45) is 2.94. The van der Waals surface area contributed by atoms with E-state index in [4.69, 9.17) is 5.26 Å². The van der Waals surface area contributed by atoms with Gasteiger partial charge in [-0.1, -0.05) is 37.3 Å². The van der Waals surface area contributed by atoms with Crippen LogP contribution in [0.3, 0.4) is 0 Å². The molecule has 166 valence electrons. The van der Waals surface area contributed by atoms with Gasteiger partial charge in [0.25, 0.3) is 5.91 Å². The molecule has 0 spiro atoms. The fourth-order valence-electron chi connectivity index (χ4n) is 3.50. The largest absolute Gasteiger partial charge is 0.369 e. The van der Waals surface area contributed by atoms with Crippen LogP contribution in [0.4, 0.5) is 5.82 Å². The first kappa shape index (κ1) is 23.6. The van der Waals surface area contributed by atoms with Gasteiger partial charge in [0.15, 0.2) is 0 Å². The molecule has 2 heterocycles. The third-order valence-corrected chi connectivity index (χ3v) is 5.24. The maximum absolute atomic E-state index is 12.2. The van der Waals surface area contributed by atoms with Crippen LogP contribution < -0.4 is 10.6 Å².